The van der Waals surface area contributed by atoms with Crippen LogP contribution in [0.2, 0.25) is 0 Å². The van der Waals surface area contributed by atoms with Gasteiger partial charge in [0.2, 0.25) is 0 Å². The normalized spacial score (nSPS) is 16.2. The van der Waals surface area contributed by atoms with Gasteiger partial charge in [-0.25, -0.2) is 0 Å². The van der Waals surface area contributed by atoms with Crippen molar-refractivity contribution in [1.29, 1.82) is 0 Å². The van der Waals surface area contributed by atoms with Crippen molar-refractivity contribution in [3.8, 4) is 0 Å². The van der Waals surface area contributed by atoms with Crippen molar-refractivity contribution in [3.05, 3.63) is 51.7 Å². The van der Waals surface area contributed by atoms with Crippen molar-refractivity contribution in [2.45, 2.75) is 25.8 Å². The minimum Gasteiger partial charge on any atom is -0.362 e. The van der Waals surface area contributed by atoms with Crippen LogP contribution in [0, 0.1) is 6.92 Å². The largest absolute Gasteiger partial charge is 0.362 e. The van der Waals surface area contributed by atoms with Crippen molar-refractivity contribution in [2.24, 2.45) is 5.73 Å². The van der Waals surface area contributed by atoms with Gasteiger partial charge >= 0.3 is 0 Å². The van der Waals surface area contributed by atoms with Crippen molar-refractivity contribution >= 4 is 17.0 Å². The first-order valence-corrected chi connectivity index (χ1v) is 7.77. The minimum absolute atomic E-state index is 0.321. The molecule has 2 aromatic rings. The average molecular weight is 272 g/mol. The van der Waals surface area contributed by atoms with E-state index >= 15 is 0 Å². The Labute approximate surface area is 118 Å². The molecule has 0 radical (unpaired) electrons. The lowest BCUT2D eigenvalue weighted by Gasteiger charge is -2.37. The summed E-state index contributed by atoms with van der Waals surface area (Å²) in [5.41, 5.74) is 10.2. The number of hydrogen-bond donors (Lipinski definition) is 1. The molecule has 0 amide bonds. The first kappa shape index (κ1) is 12.7. The van der Waals surface area contributed by atoms with E-state index in [1.165, 1.54) is 34.5 Å². The summed E-state index contributed by atoms with van der Waals surface area (Å²) in [4.78, 5) is 3.86. The quantitative estimate of drug-likeness (QED) is 0.926. The summed E-state index contributed by atoms with van der Waals surface area (Å²) in [5.74, 6) is 0. The van der Waals surface area contributed by atoms with E-state index in [1.807, 2.05) is 0 Å². The van der Waals surface area contributed by atoms with Crippen LogP contribution in [-0.4, -0.2) is 13.1 Å². The van der Waals surface area contributed by atoms with E-state index in [4.69, 9.17) is 5.73 Å². The smallest absolute Gasteiger partial charge is 0.0757 e. The van der Waals surface area contributed by atoms with E-state index < -0.39 is 0 Å². The van der Waals surface area contributed by atoms with Gasteiger partial charge in [0.05, 0.1) is 6.04 Å². The zero-order valence-corrected chi connectivity index (χ0v) is 12.1. The predicted octanol–water partition coefficient (Wildman–Crippen LogP) is 3.51. The lowest BCUT2D eigenvalue weighted by Crippen LogP contribution is -2.37. The monoisotopic (exact) mass is 272 g/mol. The zero-order chi connectivity index (χ0) is 13.2. The summed E-state index contributed by atoms with van der Waals surface area (Å²) in [5, 5.41) is 2.14. The van der Waals surface area contributed by atoms with Gasteiger partial charge in [-0.15, -0.1) is 11.3 Å². The van der Waals surface area contributed by atoms with Crippen molar-refractivity contribution in [2.75, 3.05) is 18.0 Å². The Morgan fingerprint density at radius 1 is 1.37 bits per heavy atom. The molecule has 0 aliphatic carbocycles. The SMILES string of the molecule is Cc1ccc2c(c1)CCCN2C(CN)c1cccs1. The third-order valence-electron chi connectivity index (χ3n) is 3.86. The number of rotatable bonds is 3. The molecule has 0 saturated carbocycles. The van der Waals surface area contributed by atoms with E-state index in [9.17, 15) is 0 Å². The number of thiophene rings is 1. The lowest BCUT2D eigenvalue weighted by molar-refractivity contribution is 0.594. The molecule has 2 N–H and O–H groups in total. The third kappa shape index (κ3) is 2.40. The van der Waals surface area contributed by atoms with Gasteiger partial charge in [-0.2, -0.15) is 0 Å². The molecule has 1 aromatic heterocycles. The molecule has 3 rings (SSSR count). The molecular weight excluding hydrogens is 252 g/mol. The molecule has 100 valence electrons. The van der Waals surface area contributed by atoms with E-state index in [1.54, 1.807) is 11.3 Å². The number of benzene rings is 1. The number of hydrogen-bond acceptors (Lipinski definition) is 3. The van der Waals surface area contributed by atoms with E-state index in [0.29, 0.717) is 12.6 Å². The van der Waals surface area contributed by atoms with Crippen LogP contribution in [0.15, 0.2) is 35.7 Å². The Hall–Kier alpha value is -1.32. The molecule has 1 aliphatic rings. The molecule has 1 aromatic carbocycles. The molecule has 19 heavy (non-hydrogen) atoms. The topological polar surface area (TPSA) is 29.3 Å². The van der Waals surface area contributed by atoms with Gasteiger partial charge in [0.15, 0.2) is 0 Å². The van der Waals surface area contributed by atoms with Crippen LogP contribution >= 0.6 is 11.3 Å². The van der Waals surface area contributed by atoms with Gasteiger partial charge in [0, 0.05) is 23.7 Å². The van der Waals surface area contributed by atoms with Gasteiger partial charge in [0.25, 0.3) is 0 Å². The van der Waals surface area contributed by atoms with Gasteiger partial charge in [-0.05, 0) is 42.8 Å². The molecule has 0 bridgehead atoms. The maximum absolute atomic E-state index is 6.05. The maximum atomic E-state index is 6.05. The molecule has 1 aliphatic heterocycles. The molecule has 1 atom stereocenters. The standard InChI is InChI=1S/C16H20N2S/c1-12-6-7-14-13(10-12)4-2-8-18(14)15(11-17)16-5-3-9-19-16/h3,5-7,9-10,15H,2,4,8,11,17H2,1H3. The highest BCUT2D eigenvalue weighted by Gasteiger charge is 2.25. The molecule has 0 spiro atoms. The number of fused-ring (bicyclic) bond motifs is 1. The molecule has 0 fully saturated rings. The van der Waals surface area contributed by atoms with Crippen LogP contribution in [0.1, 0.15) is 28.5 Å². The van der Waals surface area contributed by atoms with Crippen molar-refractivity contribution in [3.63, 3.8) is 0 Å². The first-order chi connectivity index (χ1) is 9.29. The van der Waals surface area contributed by atoms with Gasteiger partial charge in [-0.3, -0.25) is 0 Å². The van der Waals surface area contributed by atoms with Crippen LogP contribution in [0.25, 0.3) is 0 Å². The Morgan fingerprint density at radius 3 is 3.00 bits per heavy atom. The van der Waals surface area contributed by atoms with E-state index in [2.05, 4.69) is 47.5 Å². The third-order valence-corrected chi connectivity index (χ3v) is 4.83. The number of nitrogens with two attached hydrogens (primary N) is 1. The molecule has 2 heterocycles. The fourth-order valence-corrected chi connectivity index (χ4v) is 3.81. The molecule has 2 nitrogen and oxygen atoms in total. The van der Waals surface area contributed by atoms with Crippen LogP contribution in [0.4, 0.5) is 5.69 Å². The van der Waals surface area contributed by atoms with Crippen LogP contribution in [0.5, 0.6) is 0 Å². The summed E-state index contributed by atoms with van der Waals surface area (Å²) in [6, 6.07) is 11.4. The zero-order valence-electron chi connectivity index (χ0n) is 11.3. The fraction of sp³-hybridized carbons (Fsp3) is 0.375. The van der Waals surface area contributed by atoms with Gasteiger partial charge in [0.1, 0.15) is 0 Å². The van der Waals surface area contributed by atoms with Crippen molar-refractivity contribution in [1.82, 2.24) is 0 Å². The van der Waals surface area contributed by atoms with Crippen LogP contribution in [-0.2, 0) is 6.42 Å². The Bertz CT molecular complexity index is 548. The van der Waals surface area contributed by atoms with Gasteiger partial charge in [-0.1, -0.05) is 23.8 Å². The second-order valence-electron chi connectivity index (χ2n) is 5.20. The highest BCUT2D eigenvalue weighted by molar-refractivity contribution is 7.10. The average Bonchev–Trinajstić information content (AvgIpc) is 2.93. The molecule has 0 saturated heterocycles. The summed E-state index contributed by atoms with van der Waals surface area (Å²) < 4.78 is 0. The second-order valence-corrected chi connectivity index (χ2v) is 6.18. The fourth-order valence-electron chi connectivity index (χ4n) is 2.96. The minimum atomic E-state index is 0.321. The van der Waals surface area contributed by atoms with E-state index in [-0.39, 0.29) is 0 Å². The molecule has 1 unspecified atom stereocenters. The summed E-state index contributed by atoms with van der Waals surface area (Å²) >= 11 is 1.81. The second kappa shape index (κ2) is 5.35. The van der Waals surface area contributed by atoms with Crippen molar-refractivity contribution < 1.29 is 0 Å². The predicted molar refractivity (Wildman–Crippen MR) is 83.0 cm³/mol. The first-order valence-electron chi connectivity index (χ1n) is 6.89. The Balaban J connectivity index is 1.98. The van der Waals surface area contributed by atoms with E-state index in [0.717, 1.165) is 6.54 Å². The molecular formula is C16H20N2S. The molecule has 3 heteroatoms. The summed E-state index contributed by atoms with van der Waals surface area (Å²) in [6.07, 6.45) is 2.41. The van der Waals surface area contributed by atoms with Crippen LogP contribution < -0.4 is 10.6 Å². The highest BCUT2D eigenvalue weighted by atomic mass is 32.1. The lowest BCUT2D eigenvalue weighted by atomic mass is 9.97. The Morgan fingerprint density at radius 2 is 2.26 bits per heavy atom. The maximum Gasteiger partial charge on any atom is 0.0757 e. The summed E-state index contributed by atoms with van der Waals surface area (Å²) in [6.45, 7) is 3.95. The highest BCUT2D eigenvalue weighted by Crippen LogP contribution is 2.35. The number of nitrogens with zero attached hydrogens (tertiary/aromatic N) is 1. The number of aryl methyl sites for hydroxylation is 2. The number of anilines is 1. The summed E-state index contributed by atoms with van der Waals surface area (Å²) in [7, 11) is 0. The van der Waals surface area contributed by atoms with Crippen LogP contribution in [0.3, 0.4) is 0 Å². The Kier molecular flexibility index (Phi) is 3.58. The van der Waals surface area contributed by atoms with Gasteiger partial charge < -0.3 is 10.6 Å².